The number of thioether (sulfide) groups is 1. The fourth-order valence-corrected chi connectivity index (χ4v) is 2.73. The Morgan fingerprint density at radius 1 is 0.950 bits per heavy atom. The third-order valence-electron chi connectivity index (χ3n) is 3.17. The van der Waals surface area contributed by atoms with Gasteiger partial charge in [-0.05, 0) is 6.42 Å². The number of carboxylic acid groups (broad SMARTS) is 1. The van der Waals surface area contributed by atoms with E-state index in [2.05, 4.69) is 6.92 Å². The number of alkyl halides is 1. The summed E-state index contributed by atoms with van der Waals surface area (Å²) in [5, 5.41) is 7.44. The molecule has 118 valence electrons. The highest BCUT2D eigenvalue weighted by Crippen LogP contribution is 2.14. The van der Waals surface area contributed by atoms with Gasteiger partial charge >= 0.3 is 5.97 Å². The minimum atomic E-state index is -2.37. The van der Waals surface area contributed by atoms with Gasteiger partial charge in [-0.1, -0.05) is 76.5 Å². The molecule has 0 spiro atoms. The number of rotatable bonds is 13. The molecule has 0 saturated carbocycles. The van der Waals surface area contributed by atoms with Crippen LogP contribution >= 0.6 is 11.8 Å². The second-order valence-corrected chi connectivity index (χ2v) is 6.15. The van der Waals surface area contributed by atoms with Gasteiger partial charge in [-0.2, -0.15) is 0 Å². The van der Waals surface area contributed by atoms with Gasteiger partial charge in [-0.3, -0.25) is 4.79 Å². The second kappa shape index (κ2) is 13.4. The average molecular weight is 306 g/mol. The van der Waals surface area contributed by atoms with Gasteiger partial charge in [-0.15, -0.1) is 0 Å². The predicted octanol–water partition coefficient (Wildman–Crippen LogP) is 4.59. The first-order chi connectivity index (χ1) is 9.59. The second-order valence-electron chi connectivity index (χ2n) is 5.05. The largest absolute Gasteiger partial charge is 0.479 e. The highest BCUT2D eigenvalue weighted by Gasteiger charge is 2.25. The molecule has 0 aliphatic carbocycles. The summed E-state index contributed by atoms with van der Waals surface area (Å²) >= 11 is 0.795. The zero-order valence-corrected chi connectivity index (χ0v) is 13.2. The molecule has 0 heterocycles. The molecule has 1 unspecified atom stereocenters. The molecule has 0 rings (SSSR count). The summed E-state index contributed by atoms with van der Waals surface area (Å²) in [5.41, 5.74) is 0. The summed E-state index contributed by atoms with van der Waals surface area (Å²) in [5.74, 6) is -1.17. The third-order valence-corrected chi connectivity index (χ3v) is 4.15. The Morgan fingerprint density at radius 2 is 1.40 bits per heavy atom. The Morgan fingerprint density at radius 3 is 1.85 bits per heavy atom. The Hall–Kier alpha value is -0.580. The van der Waals surface area contributed by atoms with Crippen molar-refractivity contribution in [2.75, 3.05) is 5.75 Å². The molecule has 0 aromatic heterocycles. The molecule has 0 bridgehead atoms. The molecule has 0 aliphatic rings. The van der Waals surface area contributed by atoms with Crippen LogP contribution in [-0.4, -0.2) is 28.1 Å². The van der Waals surface area contributed by atoms with Gasteiger partial charge in [0.1, 0.15) is 0 Å². The first kappa shape index (κ1) is 19.4. The zero-order chi connectivity index (χ0) is 15.2. The summed E-state index contributed by atoms with van der Waals surface area (Å²) in [7, 11) is 0. The van der Waals surface area contributed by atoms with Crippen molar-refractivity contribution in [2.45, 2.75) is 77.3 Å². The first-order valence-corrected chi connectivity index (χ1v) is 8.61. The molecule has 0 radical (unpaired) electrons. The van der Waals surface area contributed by atoms with E-state index in [0.29, 0.717) is 5.75 Å². The molecule has 1 atom stereocenters. The maximum atomic E-state index is 12.8. The minimum absolute atomic E-state index is 0.517. The number of unbranched alkanes of at least 4 members (excludes halogenated alkanes) is 9. The van der Waals surface area contributed by atoms with Gasteiger partial charge in [0, 0.05) is 5.75 Å². The van der Waals surface area contributed by atoms with Gasteiger partial charge in [-0.25, -0.2) is 9.18 Å². The fourth-order valence-electron chi connectivity index (χ4n) is 1.94. The van der Waals surface area contributed by atoms with Crippen molar-refractivity contribution in [2.24, 2.45) is 0 Å². The van der Waals surface area contributed by atoms with Crippen LogP contribution in [0.25, 0.3) is 0 Å². The molecule has 0 aliphatic heterocycles. The van der Waals surface area contributed by atoms with Gasteiger partial charge in [0.15, 0.2) is 0 Å². The smallest absolute Gasteiger partial charge is 0.347 e. The van der Waals surface area contributed by atoms with Crippen molar-refractivity contribution in [1.82, 2.24) is 0 Å². The summed E-state index contributed by atoms with van der Waals surface area (Å²) < 4.78 is 12.8. The van der Waals surface area contributed by atoms with E-state index < -0.39 is 17.3 Å². The van der Waals surface area contributed by atoms with E-state index in [1.54, 1.807) is 0 Å². The minimum Gasteiger partial charge on any atom is -0.479 e. The third kappa shape index (κ3) is 11.3. The van der Waals surface area contributed by atoms with E-state index in [9.17, 15) is 14.0 Å². The van der Waals surface area contributed by atoms with Crippen LogP contribution in [0.5, 0.6) is 0 Å². The Balaban J connectivity index is 3.24. The quantitative estimate of drug-likeness (QED) is 0.399. The van der Waals surface area contributed by atoms with E-state index in [1.807, 2.05) is 0 Å². The van der Waals surface area contributed by atoms with Gasteiger partial charge in [0.05, 0.1) is 0 Å². The van der Waals surface area contributed by atoms with E-state index in [0.717, 1.165) is 31.0 Å². The molecule has 1 N–H and O–H groups in total. The topological polar surface area (TPSA) is 54.4 Å². The van der Waals surface area contributed by atoms with Crippen molar-refractivity contribution in [3.05, 3.63) is 0 Å². The molecule has 3 nitrogen and oxygen atoms in total. The van der Waals surface area contributed by atoms with Crippen LogP contribution in [0.15, 0.2) is 0 Å². The van der Waals surface area contributed by atoms with E-state index in [1.165, 1.54) is 44.9 Å². The van der Waals surface area contributed by atoms with Gasteiger partial charge < -0.3 is 5.11 Å². The summed E-state index contributed by atoms with van der Waals surface area (Å²) in [6.07, 6.45) is 9.69. The van der Waals surface area contributed by atoms with Crippen molar-refractivity contribution in [1.29, 1.82) is 0 Å². The summed E-state index contributed by atoms with van der Waals surface area (Å²) in [4.78, 5) is 21.3. The lowest BCUT2D eigenvalue weighted by Gasteiger charge is -2.03. The normalized spacial score (nSPS) is 12.3. The van der Waals surface area contributed by atoms with Gasteiger partial charge in [0.2, 0.25) is 5.12 Å². The fraction of sp³-hybridized carbons (Fsp3) is 0.867. The van der Waals surface area contributed by atoms with Crippen molar-refractivity contribution >= 4 is 22.8 Å². The van der Waals surface area contributed by atoms with Crippen LogP contribution in [0.3, 0.4) is 0 Å². The van der Waals surface area contributed by atoms with Crippen LogP contribution in [0.4, 0.5) is 4.39 Å². The number of carbonyl (C=O) groups excluding carboxylic acids is 1. The average Bonchev–Trinajstić information content (AvgIpc) is 2.43. The number of hydrogen-bond acceptors (Lipinski definition) is 3. The van der Waals surface area contributed by atoms with E-state index in [4.69, 9.17) is 5.11 Å². The molecule has 0 fully saturated rings. The van der Waals surface area contributed by atoms with Crippen molar-refractivity contribution in [3.63, 3.8) is 0 Å². The van der Waals surface area contributed by atoms with Crippen molar-refractivity contribution < 1.29 is 19.1 Å². The molecule has 0 saturated heterocycles. The molecular weight excluding hydrogens is 279 g/mol. The Kier molecular flexibility index (Phi) is 13.0. The lowest BCUT2D eigenvalue weighted by molar-refractivity contribution is -0.145. The Bertz CT molecular complexity index is 272. The number of carbonyl (C=O) groups is 2. The summed E-state index contributed by atoms with van der Waals surface area (Å²) in [6, 6.07) is 0. The monoisotopic (exact) mass is 306 g/mol. The van der Waals surface area contributed by atoms with E-state index in [-0.39, 0.29) is 0 Å². The molecule has 20 heavy (non-hydrogen) atoms. The van der Waals surface area contributed by atoms with Gasteiger partial charge in [0.25, 0.3) is 6.17 Å². The maximum absolute atomic E-state index is 12.8. The number of aliphatic carboxylic acids is 1. The number of hydrogen-bond donors (Lipinski definition) is 1. The summed E-state index contributed by atoms with van der Waals surface area (Å²) in [6.45, 7) is 2.21. The number of halogens is 1. The van der Waals surface area contributed by atoms with Crippen LogP contribution in [0.1, 0.15) is 71.1 Å². The number of carboxylic acids is 1. The van der Waals surface area contributed by atoms with E-state index >= 15 is 0 Å². The molecule has 0 aromatic rings. The SMILES string of the molecule is CCCCCCCCCCCCSC(=O)C(F)C(=O)O. The van der Waals surface area contributed by atoms with Crippen LogP contribution in [-0.2, 0) is 9.59 Å². The van der Waals surface area contributed by atoms with Crippen molar-refractivity contribution in [3.8, 4) is 0 Å². The first-order valence-electron chi connectivity index (χ1n) is 7.63. The predicted molar refractivity (Wildman–Crippen MR) is 81.8 cm³/mol. The zero-order valence-electron chi connectivity index (χ0n) is 12.4. The lowest BCUT2D eigenvalue weighted by atomic mass is 10.1. The highest BCUT2D eigenvalue weighted by atomic mass is 32.2. The molecule has 0 amide bonds. The van der Waals surface area contributed by atoms with Crippen LogP contribution in [0.2, 0.25) is 0 Å². The standard InChI is InChI=1S/C15H27FO3S/c1-2-3-4-5-6-7-8-9-10-11-12-20-15(19)13(16)14(17)18/h13H,2-12H2,1H3,(H,17,18). The van der Waals surface area contributed by atoms with Crippen LogP contribution < -0.4 is 0 Å². The Labute approximate surface area is 125 Å². The maximum Gasteiger partial charge on any atom is 0.347 e. The molecule has 5 heteroatoms. The van der Waals surface area contributed by atoms with Crippen LogP contribution in [0, 0.1) is 0 Å². The lowest BCUT2D eigenvalue weighted by Crippen LogP contribution is -2.22. The molecule has 0 aromatic carbocycles. The highest BCUT2D eigenvalue weighted by molar-refractivity contribution is 8.13. The molecular formula is C15H27FO3S.